The van der Waals surface area contributed by atoms with Crippen molar-refractivity contribution in [2.45, 2.75) is 25.7 Å². The number of hydrogen-bond donors (Lipinski definition) is 2. The normalized spacial score (nSPS) is 13.2. The predicted molar refractivity (Wildman–Crippen MR) is 119 cm³/mol. The zero-order valence-corrected chi connectivity index (χ0v) is 16.5. The number of benzene rings is 3. The summed E-state index contributed by atoms with van der Waals surface area (Å²) >= 11 is 0. The van der Waals surface area contributed by atoms with Gasteiger partial charge >= 0.3 is 0 Å². The molecule has 0 fully saturated rings. The molecular weight excluding hydrogens is 376 g/mol. The van der Waals surface area contributed by atoms with Gasteiger partial charge in [-0.1, -0.05) is 36.4 Å². The third-order valence-electron chi connectivity index (χ3n) is 5.71. The van der Waals surface area contributed by atoms with Gasteiger partial charge in [-0.25, -0.2) is 0 Å². The molecule has 1 aliphatic carbocycles. The summed E-state index contributed by atoms with van der Waals surface area (Å²) in [5, 5.41) is 6.11. The van der Waals surface area contributed by atoms with Crippen molar-refractivity contribution in [3.63, 3.8) is 0 Å². The molecule has 0 aliphatic heterocycles. The smallest absolute Gasteiger partial charge is 0.262 e. The van der Waals surface area contributed by atoms with E-state index in [1.54, 1.807) is 0 Å². The zero-order chi connectivity index (χ0) is 20.5. The number of aromatic amines is 1. The van der Waals surface area contributed by atoms with Crippen molar-refractivity contribution in [1.29, 1.82) is 0 Å². The quantitative estimate of drug-likeness (QED) is 0.529. The topological polar surface area (TPSA) is 71.2 Å². The number of fused-ring (bicyclic) bond motifs is 4. The van der Waals surface area contributed by atoms with Crippen molar-refractivity contribution in [2.75, 3.05) is 11.9 Å². The van der Waals surface area contributed by atoms with E-state index in [1.807, 2.05) is 60.7 Å². The van der Waals surface area contributed by atoms with Gasteiger partial charge in [-0.2, -0.15) is 0 Å². The van der Waals surface area contributed by atoms with Gasteiger partial charge in [0.25, 0.3) is 11.5 Å². The maximum Gasteiger partial charge on any atom is 0.262 e. The number of rotatable bonds is 4. The van der Waals surface area contributed by atoms with E-state index >= 15 is 0 Å². The Morgan fingerprint density at radius 2 is 1.73 bits per heavy atom. The maximum absolute atomic E-state index is 12.4. The van der Waals surface area contributed by atoms with Crippen LogP contribution in [0.3, 0.4) is 0 Å². The SMILES string of the molecule is O=C(COc1ccc2ccccc2c1)Nc1ccc2c3c(c(=O)[nH]c2c1)CCCC3. The van der Waals surface area contributed by atoms with Crippen LogP contribution in [-0.4, -0.2) is 17.5 Å². The summed E-state index contributed by atoms with van der Waals surface area (Å²) in [7, 11) is 0. The first-order valence-electron chi connectivity index (χ1n) is 10.3. The Bertz CT molecular complexity index is 1320. The van der Waals surface area contributed by atoms with E-state index in [4.69, 9.17) is 4.74 Å². The molecule has 0 bridgehead atoms. The largest absolute Gasteiger partial charge is 0.484 e. The van der Waals surface area contributed by atoms with Gasteiger partial charge in [0.15, 0.2) is 6.61 Å². The predicted octanol–water partition coefficient (Wildman–Crippen LogP) is 4.58. The van der Waals surface area contributed by atoms with Gasteiger partial charge in [0.1, 0.15) is 5.75 Å². The number of aryl methyl sites for hydroxylation is 1. The average Bonchev–Trinajstić information content (AvgIpc) is 2.77. The van der Waals surface area contributed by atoms with E-state index in [9.17, 15) is 9.59 Å². The molecular formula is C25H22N2O3. The number of pyridine rings is 1. The Morgan fingerprint density at radius 3 is 2.60 bits per heavy atom. The third-order valence-corrected chi connectivity index (χ3v) is 5.71. The fourth-order valence-corrected chi connectivity index (χ4v) is 4.24. The molecule has 150 valence electrons. The van der Waals surface area contributed by atoms with Crippen LogP contribution in [0.4, 0.5) is 5.69 Å². The molecule has 5 nitrogen and oxygen atoms in total. The molecule has 30 heavy (non-hydrogen) atoms. The Balaban J connectivity index is 1.31. The molecule has 1 aliphatic rings. The van der Waals surface area contributed by atoms with Crippen LogP contribution in [0.15, 0.2) is 65.5 Å². The molecule has 0 radical (unpaired) electrons. The van der Waals surface area contributed by atoms with Gasteiger partial charge in [0, 0.05) is 16.6 Å². The van der Waals surface area contributed by atoms with Crippen molar-refractivity contribution in [2.24, 2.45) is 0 Å². The first kappa shape index (κ1) is 18.4. The molecule has 0 spiro atoms. The second kappa shape index (κ2) is 7.67. The van der Waals surface area contributed by atoms with Gasteiger partial charge < -0.3 is 15.0 Å². The Labute approximate surface area is 173 Å². The Kier molecular flexibility index (Phi) is 4.71. The summed E-state index contributed by atoms with van der Waals surface area (Å²) in [5.41, 5.74) is 3.45. The fourth-order valence-electron chi connectivity index (χ4n) is 4.24. The monoisotopic (exact) mass is 398 g/mol. The van der Waals surface area contributed by atoms with E-state index in [-0.39, 0.29) is 18.1 Å². The lowest BCUT2D eigenvalue weighted by Crippen LogP contribution is -2.21. The number of carbonyl (C=O) groups excluding carboxylic acids is 1. The first-order valence-corrected chi connectivity index (χ1v) is 10.3. The van der Waals surface area contributed by atoms with Crippen molar-refractivity contribution < 1.29 is 9.53 Å². The Hall–Kier alpha value is -3.60. The molecule has 1 aromatic heterocycles. The summed E-state index contributed by atoms with van der Waals surface area (Å²) in [6, 6.07) is 19.4. The van der Waals surface area contributed by atoms with Crippen LogP contribution >= 0.6 is 0 Å². The van der Waals surface area contributed by atoms with Gasteiger partial charge in [-0.3, -0.25) is 9.59 Å². The molecule has 1 amide bonds. The second-order valence-corrected chi connectivity index (χ2v) is 7.72. The number of aromatic nitrogens is 1. The minimum absolute atomic E-state index is 0.0136. The number of anilines is 1. The van der Waals surface area contributed by atoms with Crippen molar-refractivity contribution in [3.8, 4) is 5.75 Å². The number of amides is 1. The van der Waals surface area contributed by atoms with Gasteiger partial charge in [-0.05, 0) is 66.3 Å². The summed E-state index contributed by atoms with van der Waals surface area (Å²) < 4.78 is 5.66. The van der Waals surface area contributed by atoms with E-state index in [2.05, 4.69) is 10.3 Å². The second-order valence-electron chi connectivity index (χ2n) is 7.72. The van der Waals surface area contributed by atoms with Crippen LogP contribution in [0, 0.1) is 0 Å². The number of nitrogens with one attached hydrogen (secondary N) is 2. The number of carbonyl (C=O) groups is 1. The van der Waals surface area contributed by atoms with E-state index < -0.39 is 0 Å². The van der Waals surface area contributed by atoms with Crippen molar-refractivity contribution in [1.82, 2.24) is 4.98 Å². The highest BCUT2D eigenvalue weighted by Gasteiger charge is 2.16. The van der Waals surface area contributed by atoms with E-state index in [0.29, 0.717) is 11.4 Å². The summed E-state index contributed by atoms with van der Waals surface area (Å²) in [6.45, 7) is -0.0862. The zero-order valence-electron chi connectivity index (χ0n) is 16.5. The standard InChI is InChI=1S/C25H22N2O3/c28-24(15-30-19-11-9-16-5-1-2-6-17(16)13-19)26-18-10-12-21-20-7-3-4-8-22(20)25(29)27-23(21)14-18/h1-2,5-6,9-14H,3-4,7-8,15H2,(H,26,28)(H,27,29). The van der Waals surface area contributed by atoms with Crippen LogP contribution in [0.1, 0.15) is 24.0 Å². The fraction of sp³-hybridized carbons (Fsp3) is 0.200. The molecule has 0 saturated heterocycles. The lowest BCUT2D eigenvalue weighted by atomic mass is 9.90. The highest BCUT2D eigenvalue weighted by atomic mass is 16.5. The molecule has 4 aromatic rings. The molecule has 0 atom stereocenters. The molecule has 5 heteroatoms. The molecule has 0 unspecified atom stereocenters. The maximum atomic E-state index is 12.4. The van der Waals surface area contributed by atoms with Crippen molar-refractivity contribution >= 4 is 33.3 Å². The summed E-state index contributed by atoms with van der Waals surface area (Å²) in [5.74, 6) is 0.404. The molecule has 5 rings (SSSR count). The molecule has 3 aromatic carbocycles. The summed E-state index contributed by atoms with van der Waals surface area (Å²) in [6.07, 6.45) is 3.94. The minimum atomic E-state index is -0.247. The van der Waals surface area contributed by atoms with Crippen LogP contribution in [0.5, 0.6) is 5.75 Å². The molecule has 2 N–H and O–H groups in total. The van der Waals surface area contributed by atoms with Crippen LogP contribution in [0.2, 0.25) is 0 Å². The lowest BCUT2D eigenvalue weighted by Gasteiger charge is -2.17. The summed E-state index contributed by atoms with van der Waals surface area (Å²) in [4.78, 5) is 27.7. The average molecular weight is 398 g/mol. The lowest BCUT2D eigenvalue weighted by molar-refractivity contribution is -0.118. The van der Waals surface area contributed by atoms with E-state index in [1.165, 1.54) is 0 Å². The molecule has 1 heterocycles. The van der Waals surface area contributed by atoms with Crippen LogP contribution < -0.4 is 15.6 Å². The Morgan fingerprint density at radius 1 is 0.933 bits per heavy atom. The number of hydrogen-bond acceptors (Lipinski definition) is 3. The minimum Gasteiger partial charge on any atom is -0.484 e. The first-order chi connectivity index (χ1) is 14.7. The van der Waals surface area contributed by atoms with Gasteiger partial charge in [0.2, 0.25) is 0 Å². The highest BCUT2D eigenvalue weighted by molar-refractivity contribution is 5.95. The van der Waals surface area contributed by atoms with Crippen molar-refractivity contribution in [3.05, 3.63) is 82.1 Å². The highest BCUT2D eigenvalue weighted by Crippen LogP contribution is 2.27. The molecule has 0 saturated carbocycles. The van der Waals surface area contributed by atoms with Crippen LogP contribution in [-0.2, 0) is 17.6 Å². The van der Waals surface area contributed by atoms with Crippen LogP contribution in [0.25, 0.3) is 21.7 Å². The van der Waals surface area contributed by atoms with E-state index in [0.717, 1.165) is 58.5 Å². The van der Waals surface area contributed by atoms with Gasteiger partial charge in [0.05, 0.1) is 5.52 Å². The van der Waals surface area contributed by atoms with Gasteiger partial charge in [-0.15, -0.1) is 0 Å². The number of H-pyrrole nitrogens is 1. The number of ether oxygens (including phenoxy) is 1. The third kappa shape index (κ3) is 3.54.